The standard InChI is InChI=1S/C17H26N4O2.HI/c1-3-18-17(20-11-7-15-6-4-5-10-19-15)21-12-8-14(9-13-21)16(22)23-2;/h4-6,10,14H,3,7-9,11-13H2,1-2H3,(H,18,20);1H. The first-order chi connectivity index (χ1) is 11.2. The topological polar surface area (TPSA) is 66.8 Å². The van der Waals surface area contributed by atoms with Gasteiger partial charge in [-0.05, 0) is 31.9 Å². The van der Waals surface area contributed by atoms with Gasteiger partial charge >= 0.3 is 5.97 Å². The first-order valence-electron chi connectivity index (χ1n) is 8.25. The molecule has 2 heterocycles. The van der Waals surface area contributed by atoms with E-state index in [1.54, 1.807) is 0 Å². The van der Waals surface area contributed by atoms with Crippen LogP contribution in [0.25, 0.3) is 0 Å². The van der Waals surface area contributed by atoms with Gasteiger partial charge in [0.25, 0.3) is 0 Å². The van der Waals surface area contributed by atoms with Crippen molar-refractivity contribution in [1.82, 2.24) is 15.2 Å². The lowest BCUT2D eigenvalue weighted by molar-refractivity contribution is -0.146. The third-order valence-electron chi connectivity index (χ3n) is 4.02. The predicted molar refractivity (Wildman–Crippen MR) is 106 cm³/mol. The molecule has 0 bridgehead atoms. The molecule has 1 fully saturated rings. The van der Waals surface area contributed by atoms with Crippen LogP contribution in [0, 0.1) is 5.92 Å². The zero-order valence-corrected chi connectivity index (χ0v) is 16.7. The van der Waals surface area contributed by atoms with Crippen LogP contribution in [0.3, 0.4) is 0 Å². The Hall–Kier alpha value is -1.38. The molecule has 24 heavy (non-hydrogen) atoms. The lowest BCUT2D eigenvalue weighted by Crippen LogP contribution is -2.46. The maximum Gasteiger partial charge on any atom is 0.308 e. The Balaban J connectivity index is 0.00000288. The first-order valence-corrected chi connectivity index (χ1v) is 8.25. The number of aromatic nitrogens is 1. The molecule has 1 aliphatic rings. The van der Waals surface area contributed by atoms with Crippen LogP contribution in [-0.4, -0.2) is 55.1 Å². The number of hydrogen-bond acceptors (Lipinski definition) is 4. The van der Waals surface area contributed by atoms with Crippen LogP contribution in [0.4, 0.5) is 0 Å². The van der Waals surface area contributed by atoms with E-state index in [2.05, 4.69) is 22.1 Å². The number of piperidine rings is 1. The number of ether oxygens (including phenoxy) is 1. The molecule has 1 N–H and O–H groups in total. The van der Waals surface area contributed by atoms with Crippen LogP contribution in [0.1, 0.15) is 25.5 Å². The van der Waals surface area contributed by atoms with Gasteiger partial charge in [-0.25, -0.2) is 0 Å². The number of guanidine groups is 1. The number of methoxy groups -OCH3 is 1. The molecule has 0 amide bonds. The fraction of sp³-hybridized carbons (Fsp3) is 0.588. The van der Waals surface area contributed by atoms with E-state index in [-0.39, 0.29) is 35.9 Å². The number of halogens is 1. The molecular formula is C17H27IN4O2. The molecule has 1 aliphatic heterocycles. The van der Waals surface area contributed by atoms with Crippen LogP contribution in [0.2, 0.25) is 0 Å². The van der Waals surface area contributed by atoms with E-state index < -0.39 is 0 Å². The number of esters is 1. The van der Waals surface area contributed by atoms with E-state index in [1.807, 2.05) is 24.4 Å². The second-order valence-corrected chi connectivity index (χ2v) is 5.59. The average Bonchev–Trinajstić information content (AvgIpc) is 2.61. The highest BCUT2D eigenvalue weighted by atomic mass is 127. The lowest BCUT2D eigenvalue weighted by Gasteiger charge is -2.33. The molecular weight excluding hydrogens is 419 g/mol. The molecule has 0 aliphatic carbocycles. The van der Waals surface area contributed by atoms with E-state index in [1.165, 1.54) is 7.11 Å². The quantitative estimate of drug-likeness (QED) is 0.325. The maximum atomic E-state index is 11.6. The fourth-order valence-electron chi connectivity index (χ4n) is 2.74. The number of carbonyl (C=O) groups is 1. The van der Waals surface area contributed by atoms with Gasteiger partial charge in [-0.3, -0.25) is 14.8 Å². The Kier molecular flexibility index (Phi) is 9.66. The van der Waals surface area contributed by atoms with Crippen LogP contribution in [0.5, 0.6) is 0 Å². The van der Waals surface area contributed by atoms with Crippen molar-refractivity contribution in [2.75, 3.05) is 33.3 Å². The SMILES string of the molecule is CCNC(=NCCc1ccccn1)N1CCC(C(=O)OC)CC1.I. The number of hydrogen-bond donors (Lipinski definition) is 1. The van der Waals surface area contributed by atoms with Crippen molar-refractivity contribution in [1.29, 1.82) is 0 Å². The van der Waals surface area contributed by atoms with Crippen LogP contribution >= 0.6 is 24.0 Å². The summed E-state index contributed by atoms with van der Waals surface area (Å²) in [6.07, 6.45) is 4.27. The number of nitrogens with one attached hydrogen (secondary N) is 1. The van der Waals surface area contributed by atoms with Crippen molar-refractivity contribution in [2.24, 2.45) is 10.9 Å². The maximum absolute atomic E-state index is 11.6. The van der Waals surface area contributed by atoms with E-state index in [9.17, 15) is 4.79 Å². The molecule has 0 atom stereocenters. The average molecular weight is 446 g/mol. The number of nitrogens with zero attached hydrogens (tertiary/aromatic N) is 3. The summed E-state index contributed by atoms with van der Waals surface area (Å²) in [5.74, 6) is 0.848. The normalized spacial score (nSPS) is 15.6. The molecule has 7 heteroatoms. The summed E-state index contributed by atoms with van der Waals surface area (Å²) in [5.41, 5.74) is 1.05. The van der Waals surface area contributed by atoms with Crippen molar-refractivity contribution in [2.45, 2.75) is 26.2 Å². The van der Waals surface area contributed by atoms with Gasteiger partial charge in [-0.1, -0.05) is 6.07 Å². The van der Waals surface area contributed by atoms with E-state index in [0.29, 0.717) is 6.54 Å². The van der Waals surface area contributed by atoms with Crippen molar-refractivity contribution < 1.29 is 9.53 Å². The number of carbonyl (C=O) groups excluding carboxylic acids is 1. The minimum atomic E-state index is -0.0956. The summed E-state index contributed by atoms with van der Waals surface area (Å²) in [4.78, 5) is 22.8. The van der Waals surface area contributed by atoms with E-state index in [0.717, 1.165) is 50.6 Å². The molecule has 2 rings (SSSR count). The molecule has 134 valence electrons. The van der Waals surface area contributed by atoms with Gasteiger partial charge < -0.3 is 15.0 Å². The van der Waals surface area contributed by atoms with Gasteiger partial charge in [0.1, 0.15) is 0 Å². The summed E-state index contributed by atoms with van der Waals surface area (Å²) in [6.45, 7) is 5.26. The molecule has 0 unspecified atom stereocenters. The largest absolute Gasteiger partial charge is 0.469 e. The van der Waals surface area contributed by atoms with E-state index >= 15 is 0 Å². The number of rotatable bonds is 5. The third kappa shape index (κ3) is 6.26. The van der Waals surface area contributed by atoms with Gasteiger partial charge in [-0.2, -0.15) is 0 Å². The van der Waals surface area contributed by atoms with Gasteiger partial charge in [-0.15, -0.1) is 24.0 Å². The highest BCUT2D eigenvalue weighted by Crippen LogP contribution is 2.18. The number of aliphatic imine (C=N–C) groups is 1. The van der Waals surface area contributed by atoms with Gasteiger partial charge in [0.15, 0.2) is 5.96 Å². The van der Waals surface area contributed by atoms with Gasteiger partial charge in [0.05, 0.1) is 13.0 Å². The summed E-state index contributed by atoms with van der Waals surface area (Å²) in [7, 11) is 1.46. The third-order valence-corrected chi connectivity index (χ3v) is 4.02. The Morgan fingerprint density at radius 3 is 2.75 bits per heavy atom. The van der Waals surface area contributed by atoms with Crippen LogP contribution in [-0.2, 0) is 16.0 Å². The van der Waals surface area contributed by atoms with Gasteiger partial charge in [0.2, 0.25) is 0 Å². The lowest BCUT2D eigenvalue weighted by atomic mass is 9.97. The molecule has 0 aromatic carbocycles. The van der Waals surface area contributed by atoms with Crippen molar-refractivity contribution in [3.05, 3.63) is 30.1 Å². The number of pyridine rings is 1. The smallest absolute Gasteiger partial charge is 0.308 e. The second kappa shape index (κ2) is 11.2. The second-order valence-electron chi connectivity index (χ2n) is 5.59. The Morgan fingerprint density at radius 1 is 1.42 bits per heavy atom. The summed E-state index contributed by atoms with van der Waals surface area (Å²) < 4.78 is 4.84. The fourth-order valence-corrected chi connectivity index (χ4v) is 2.74. The minimum absolute atomic E-state index is 0. The molecule has 1 aromatic heterocycles. The Bertz CT molecular complexity index is 517. The minimum Gasteiger partial charge on any atom is -0.469 e. The highest BCUT2D eigenvalue weighted by molar-refractivity contribution is 14.0. The molecule has 0 spiro atoms. The monoisotopic (exact) mass is 446 g/mol. The molecule has 0 saturated carbocycles. The zero-order chi connectivity index (χ0) is 16.5. The predicted octanol–water partition coefficient (Wildman–Crippen LogP) is 2.09. The van der Waals surface area contributed by atoms with E-state index in [4.69, 9.17) is 9.73 Å². The number of likely N-dealkylation sites (tertiary alicyclic amines) is 1. The molecule has 1 saturated heterocycles. The molecule has 0 radical (unpaired) electrons. The summed E-state index contributed by atoms with van der Waals surface area (Å²) in [6, 6.07) is 5.93. The highest BCUT2D eigenvalue weighted by Gasteiger charge is 2.26. The zero-order valence-electron chi connectivity index (χ0n) is 14.4. The van der Waals surface area contributed by atoms with Crippen molar-refractivity contribution >= 4 is 35.9 Å². The Morgan fingerprint density at radius 2 is 2.17 bits per heavy atom. The van der Waals surface area contributed by atoms with Gasteiger partial charge in [0, 0.05) is 44.5 Å². The van der Waals surface area contributed by atoms with Crippen molar-refractivity contribution in [3.8, 4) is 0 Å². The molecule has 1 aromatic rings. The Labute approximate surface area is 161 Å². The van der Waals surface area contributed by atoms with Crippen molar-refractivity contribution in [3.63, 3.8) is 0 Å². The summed E-state index contributed by atoms with van der Waals surface area (Å²) in [5, 5.41) is 3.34. The summed E-state index contributed by atoms with van der Waals surface area (Å²) >= 11 is 0. The first kappa shape index (κ1) is 20.7. The van der Waals surface area contributed by atoms with Crippen LogP contribution in [0.15, 0.2) is 29.4 Å². The van der Waals surface area contributed by atoms with Crippen LogP contribution < -0.4 is 5.32 Å². The molecule has 6 nitrogen and oxygen atoms in total.